The fourth-order valence-corrected chi connectivity index (χ4v) is 6.67. The molecule has 4 nitrogen and oxygen atoms in total. The van der Waals surface area contributed by atoms with Crippen LogP contribution in [-0.4, -0.2) is 54.6 Å². The van der Waals surface area contributed by atoms with Gasteiger partial charge in [-0.15, -0.1) is 23.5 Å². The minimum absolute atomic E-state index is 0.0246. The van der Waals surface area contributed by atoms with Gasteiger partial charge >= 0.3 is 0 Å². The number of hydrogen-bond acceptors (Lipinski definition) is 5. The predicted octanol–water partition coefficient (Wildman–Crippen LogP) is 4.70. The SMILES string of the molecule is CCCCN1CCCCC1CNC(=O)COc1ccc(C2SCCCS2)cc1. The molecule has 1 N–H and O–H groups in total. The number of hydrogen-bond donors (Lipinski definition) is 1. The zero-order valence-electron chi connectivity index (χ0n) is 17.0. The third-order valence-electron chi connectivity index (χ3n) is 5.43. The number of thioether (sulfide) groups is 2. The summed E-state index contributed by atoms with van der Waals surface area (Å²) in [5, 5.41) is 3.08. The van der Waals surface area contributed by atoms with E-state index < -0.39 is 0 Å². The standard InChI is InChI=1S/C22H34N2O2S2/c1-2-3-12-24-13-5-4-7-19(24)16-23-21(25)17-26-20-10-8-18(9-11-20)22-27-14-6-15-28-22/h8-11,19,22H,2-7,12-17H2,1H3,(H,23,25). The number of likely N-dealkylation sites (tertiary alicyclic amines) is 1. The molecule has 0 aromatic heterocycles. The van der Waals surface area contributed by atoms with E-state index in [2.05, 4.69) is 29.3 Å². The fourth-order valence-electron chi connectivity index (χ4n) is 3.78. The molecule has 1 unspecified atom stereocenters. The molecule has 156 valence electrons. The van der Waals surface area contributed by atoms with Crippen LogP contribution in [0.5, 0.6) is 5.75 Å². The third-order valence-corrected chi connectivity index (χ3v) is 8.45. The van der Waals surface area contributed by atoms with Crippen LogP contribution >= 0.6 is 23.5 Å². The Kier molecular flexibility index (Phi) is 9.35. The van der Waals surface area contributed by atoms with Crippen LogP contribution in [0.4, 0.5) is 0 Å². The van der Waals surface area contributed by atoms with E-state index in [9.17, 15) is 4.79 Å². The van der Waals surface area contributed by atoms with E-state index in [-0.39, 0.29) is 12.5 Å². The van der Waals surface area contributed by atoms with E-state index in [1.54, 1.807) is 0 Å². The Morgan fingerprint density at radius 1 is 1.18 bits per heavy atom. The van der Waals surface area contributed by atoms with Crippen LogP contribution in [0.25, 0.3) is 0 Å². The molecule has 1 atom stereocenters. The highest BCUT2D eigenvalue weighted by molar-refractivity contribution is 8.16. The van der Waals surface area contributed by atoms with Crippen molar-refractivity contribution in [1.29, 1.82) is 0 Å². The Bertz CT molecular complexity index is 591. The number of amides is 1. The molecule has 0 bridgehead atoms. The summed E-state index contributed by atoms with van der Waals surface area (Å²) in [5.41, 5.74) is 1.34. The molecular weight excluding hydrogens is 388 g/mol. The normalized spacial score (nSPS) is 21.4. The van der Waals surface area contributed by atoms with Crippen molar-refractivity contribution in [2.45, 2.75) is 56.1 Å². The first-order chi connectivity index (χ1) is 13.8. The molecule has 2 saturated heterocycles. The lowest BCUT2D eigenvalue weighted by molar-refractivity contribution is -0.123. The Morgan fingerprint density at radius 2 is 1.96 bits per heavy atom. The highest BCUT2D eigenvalue weighted by Gasteiger charge is 2.22. The van der Waals surface area contributed by atoms with Gasteiger partial charge in [0.1, 0.15) is 5.75 Å². The van der Waals surface area contributed by atoms with Crippen molar-refractivity contribution >= 4 is 29.4 Å². The lowest BCUT2D eigenvalue weighted by Gasteiger charge is -2.35. The van der Waals surface area contributed by atoms with E-state index in [1.165, 1.54) is 62.1 Å². The van der Waals surface area contributed by atoms with Crippen molar-refractivity contribution in [3.63, 3.8) is 0 Å². The average Bonchev–Trinajstić information content (AvgIpc) is 2.76. The van der Waals surface area contributed by atoms with Gasteiger partial charge in [0.15, 0.2) is 6.61 Å². The molecule has 0 saturated carbocycles. The van der Waals surface area contributed by atoms with Gasteiger partial charge in [0.25, 0.3) is 5.91 Å². The number of nitrogens with one attached hydrogen (secondary N) is 1. The molecule has 0 aliphatic carbocycles. The molecule has 1 aromatic carbocycles. The van der Waals surface area contributed by atoms with Crippen molar-refractivity contribution in [3.8, 4) is 5.75 Å². The fraction of sp³-hybridized carbons (Fsp3) is 0.682. The number of rotatable bonds is 9. The largest absolute Gasteiger partial charge is 0.484 e. The van der Waals surface area contributed by atoms with Crippen LogP contribution < -0.4 is 10.1 Å². The summed E-state index contributed by atoms with van der Waals surface area (Å²) in [6, 6.07) is 8.74. The molecule has 3 rings (SSSR count). The quantitative estimate of drug-likeness (QED) is 0.624. The van der Waals surface area contributed by atoms with E-state index in [0.29, 0.717) is 10.6 Å². The number of piperidine rings is 1. The van der Waals surface area contributed by atoms with Crippen molar-refractivity contribution < 1.29 is 9.53 Å². The summed E-state index contributed by atoms with van der Waals surface area (Å²) in [4.78, 5) is 14.8. The zero-order chi connectivity index (χ0) is 19.6. The second-order valence-corrected chi connectivity index (χ2v) is 10.4. The zero-order valence-corrected chi connectivity index (χ0v) is 18.7. The smallest absolute Gasteiger partial charge is 0.257 e. The van der Waals surface area contributed by atoms with Crippen LogP contribution in [0, 0.1) is 0 Å². The summed E-state index contributed by atoms with van der Waals surface area (Å²) < 4.78 is 6.24. The average molecular weight is 423 g/mol. The van der Waals surface area contributed by atoms with Crippen LogP contribution in [0.2, 0.25) is 0 Å². The van der Waals surface area contributed by atoms with Gasteiger partial charge in [-0.1, -0.05) is 31.9 Å². The highest BCUT2D eigenvalue weighted by atomic mass is 32.2. The van der Waals surface area contributed by atoms with Crippen LogP contribution in [-0.2, 0) is 4.79 Å². The molecule has 2 fully saturated rings. The van der Waals surface area contributed by atoms with Crippen LogP contribution in [0.3, 0.4) is 0 Å². The van der Waals surface area contributed by atoms with E-state index in [1.807, 2.05) is 35.7 Å². The molecule has 2 aliphatic rings. The van der Waals surface area contributed by atoms with Crippen LogP contribution in [0.1, 0.15) is 55.6 Å². The van der Waals surface area contributed by atoms with E-state index in [0.717, 1.165) is 18.8 Å². The van der Waals surface area contributed by atoms with Gasteiger partial charge in [0, 0.05) is 12.6 Å². The summed E-state index contributed by atoms with van der Waals surface area (Å²) >= 11 is 4.04. The second kappa shape index (κ2) is 12.0. The van der Waals surface area contributed by atoms with Gasteiger partial charge in [-0.2, -0.15) is 0 Å². The molecule has 2 heterocycles. The maximum Gasteiger partial charge on any atom is 0.257 e. The number of nitrogens with zero attached hydrogens (tertiary/aromatic N) is 1. The molecule has 2 aliphatic heterocycles. The van der Waals surface area contributed by atoms with Gasteiger partial charge in [-0.25, -0.2) is 0 Å². The Hall–Kier alpha value is -0.850. The molecule has 28 heavy (non-hydrogen) atoms. The second-order valence-electron chi connectivity index (χ2n) is 7.63. The van der Waals surface area contributed by atoms with Crippen molar-refractivity contribution in [2.75, 3.05) is 37.7 Å². The molecule has 0 radical (unpaired) electrons. The summed E-state index contributed by atoms with van der Waals surface area (Å²) in [6.07, 6.45) is 7.50. The van der Waals surface area contributed by atoms with Gasteiger partial charge in [-0.3, -0.25) is 9.69 Å². The van der Waals surface area contributed by atoms with Gasteiger partial charge < -0.3 is 10.1 Å². The van der Waals surface area contributed by atoms with Gasteiger partial charge in [0.05, 0.1) is 4.58 Å². The summed E-state index contributed by atoms with van der Waals surface area (Å²) in [7, 11) is 0. The first-order valence-corrected chi connectivity index (χ1v) is 12.8. The lowest BCUT2D eigenvalue weighted by atomic mass is 10.0. The maximum atomic E-state index is 12.2. The lowest BCUT2D eigenvalue weighted by Crippen LogP contribution is -2.47. The van der Waals surface area contributed by atoms with Gasteiger partial charge in [0.2, 0.25) is 0 Å². The van der Waals surface area contributed by atoms with E-state index in [4.69, 9.17) is 4.74 Å². The number of unbranched alkanes of at least 4 members (excludes halogenated alkanes) is 1. The third kappa shape index (κ3) is 6.89. The molecule has 0 spiro atoms. The number of benzene rings is 1. The topological polar surface area (TPSA) is 41.6 Å². The van der Waals surface area contributed by atoms with Crippen molar-refractivity contribution in [1.82, 2.24) is 10.2 Å². The van der Waals surface area contributed by atoms with Crippen LogP contribution in [0.15, 0.2) is 24.3 Å². The number of carbonyl (C=O) groups excluding carboxylic acids is 1. The Labute approximate surface area is 178 Å². The van der Waals surface area contributed by atoms with Gasteiger partial charge in [-0.05, 0) is 68.0 Å². The molecule has 6 heteroatoms. The minimum Gasteiger partial charge on any atom is -0.484 e. The molecule has 1 aromatic rings. The minimum atomic E-state index is -0.0246. The molecular formula is C22H34N2O2S2. The summed E-state index contributed by atoms with van der Waals surface area (Å²) in [6.45, 7) is 5.38. The monoisotopic (exact) mass is 422 g/mol. The first-order valence-electron chi connectivity index (χ1n) is 10.7. The Morgan fingerprint density at radius 3 is 2.71 bits per heavy atom. The summed E-state index contributed by atoms with van der Waals surface area (Å²) in [5.74, 6) is 3.23. The highest BCUT2D eigenvalue weighted by Crippen LogP contribution is 2.43. The predicted molar refractivity (Wildman–Crippen MR) is 121 cm³/mol. The number of carbonyl (C=O) groups is 1. The van der Waals surface area contributed by atoms with E-state index >= 15 is 0 Å². The Balaban J connectivity index is 1.38. The van der Waals surface area contributed by atoms with Crippen molar-refractivity contribution in [3.05, 3.63) is 29.8 Å². The van der Waals surface area contributed by atoms with Crippen molar-refractivity contribution in [2.24, 2.45) is 0 Å². The first kappa shape index (κ1) is 21.8. The molecule has 1 amide bonds. The maximum absolute atomic E-state index is 12.2. The number of ether oxygens (including phenoxy) is 1.